The average molecular weight is 649 g/mol. The van der Waals surface area contributed by atoms with Gasteiger partial charge < -0.3 is 20.7 Å². The predicted octanol–water partition coefficient (Wildman–Crippen LogP) is 5.86. The summed E-state index contributed by atoms with van der Waals surface area (Å²) in [5.74, 6) is -1.34. The summed E-state index contributed by atoms with van der Waals surface area (Å²) in [5, 5.41) is 3.62. The lowest BCUT2D eigenvalue weighted by Crippen LogP contribution is -2.67. The molecule has 5 rings (SSSR count). The van der Waals surface area contributed by atoms with E-state index in [-0.39, 0.29) is 30.2 Å². The number of carbonyl (C=O) groups is 3. The number of halogens is 2. The van der Waals surface area contributed by atoms with E-state index < -0.39 is 31.4 Å². The molecule has 40 heavy (non-hydrogen) atoms. The number of anilines is 1. The molecule has 0 bridgehead atoms. The van der Waals surface area contributed by atoms with Crippen LogP contribution in [0, 0.1) is 5.41 Å². The fourth-order valence-corrected chi connectivity index (χ4v) is 7.45. The first kappa shape index (κ1) is 30.7. The highest BCUT2D eigenvalue weighted by molar-refractivity contribution is 9.10. The van der Waals surface area contributed by atoms with Gasteiger partial charge in [-0.15, -0.1) is 0 Å². The molecule has 1 saturated heterocycles. The molecule has 7 nitrogen and oxygen atoms in total. The summed E-state index contributed by atoms with van der Waals surface area (Å²) in [4.78, 5) is 41.0. The quantitative estimate of drug-likeness (QED) is 0.383. The summed E-state index contributed by atoms with van der Waals surface area (Å²) in [6.07, 6.45) is 1.82. The van der Waals surface area contributed by atoms with Gasteiger partial charge in [-0.1, -0.05) is 72.3 Å². The van der Waals surface area contributed by atoms with E-state index in [1.807, 2.05) is 36.4 Å². The zero-order valence-electron chi connectivity index (χ0n) is 24.0. The van der Waals surface area contributed by atoms with Gasteiger partial charge in [-0.2, -0.15) is 0 Å². The lowest BCUT2D eigenvalue weighted by Gasteiger charge is -2.53. The molecule has 0 aromatic heterocycles. The van der Waals surface area contributed by atoms with Gasteiger partial charge in [-0.25, -0.2) is 0 Å². The summed E-state index contributed by atoms with van der Waals surface area (Å²) in [6, 6.07) is 12.6. The van der Waals surface area contributed by atoms with Gasteiger partial charge in [0.1, 0.15) is 5.41 Å². The lowest BCUT2D eigenvalue weighted by atomic mass is 9.56. The molecule has 1 unspecified atom stereocenters. The van der Waals surface area contributed by atoms with Crippen LogP contribution in [0.2, 0.25) is 24.7 Å². The minimum Gasteiger partial charge on any atom is -0.385 e. The number of piperidine rings is 1. The molecule has 3 aliphatic rings. The third kappa shape index (κ3) is 5.62. The molecule has 2 heterocycles. The van der Waals surface area contributed by atoms with Crippen LogP contribution in [-0.4, -0.2) is 56.1 Å². The van der Waals surface area contributed by atoms with Gasteiger partial charge in [-0.3, -0.25) is 14.4 Å². The molecule has 1 saturated carbocycles. The number of benzene rings is 2. The van der Waals surface area contributed by atoms with Crippen molar-refractivity contribution in [3.63, 3.8) is 0 Å². The third-order valence-electron chi connectivity index (χ3n) is 8.89. The van der Waals surface area contributed by atoms with Crippen LogP contribution < -0.4 is 11.1 Å². The molecule has 4 atom stereocenters. The Morgan fingerprint density at radius 1 is 1.23 bits per heavy atom. The van der Waals surface area contributed by atoms with Crippen molar-refractivity contribution in [2.75, 3.05) is 19.0 Å². The van der Waals surface area contributed by atoms with Gasteiger partial charge in [0.05, 0.1) is 20.7 Å². The number of hydrogen-bond acceptors (Lipinski definition) is 4. The first-order valence-corrected chi connectivity index (χ1v) is 18.4. The highest BCUT2D eigenvalue weighted by atomic mass is 79.9. The average Bonchev–Trinajstić information content (AvgIpc) is 3.55. The van der Waals surface area contributed by atoms with Crippen molar-refractivity contribution in [1.82, 2.24) is 4.90 Å². The van der Waals surface area contributed by atoms with Crippen LogP contribution in [-0.2, 0) is 24.5 Å². The molecule has 1 aliphatic carbocycles. The van der Waals surface area contributed by atoms with Gasteiger partial charge in [0.15, 0.2) is 0 Å². The van der Waals surface area contributed by atoms with Crippen molar-refractivity contribution < 1.29 is 19.1 Å². The molecule has 216 valence electrons. The summed E-state index contributed by atoms with van der Waals surface area (Å²) >= 11 is 9.82. The second kappa shape index (κ2) is 11.2. The summed E-state index contributed by atoms with van der Waals surface area (Å²) in [5.41, 5.74) is 7.09. The van der Waals surface area contributed by atoms with Crippen LogP contribution in [0.3, 0.4) is 0 Å². The SMILES string of the molecule is CC1([C@@H]2N(CC(N)=O)C(=O)C[C@H](c3cccc(Cl)c3)[C@@]23C(=O)Nc2cc(Br)ccc23)CC1.COC(C)[Si](C)(C)C. The van der Waals surface area contributed by atoms with Crippen LogP contribution >= 0.6 is 27.5 Å². The second-order valence-electron chi connectivity index (χ2n) is 12.6. The molecule has 2 aromatic carbocycles. The van der Waals surface area contributed by atoms with Crippen molar-refractivity contribution in [3.05, 3.63) is 63.1 Å². The van der Waals surface area contributed by atoms with E-state index in [4.69, 9.17) is 22.1 Å². The number of hydrogen-bond donors (Lipinski definition) is 2. The van der Waals surface area contributed by atoms with Gasteiger partial charge in [0, 0.05) is 40.4 Å². The molecule has 1 spiro atoms. The first-order chi connectivity index (χ1) is 18.6. The first-order valence-electron chi connectivity index (χ1n) is 13.6. The highest BCUT2D eigenvalue weighted by Gasteiger charge is 2.69. The monoisotopic (exact) mass is 647 g/mol. The van der Waals surface area contributed by atoms with Gasteiger partial charge >= 0.3 is 0 Å². The summed E-state index contributed by atoms with van der Waals surface area (Å²) in [7, 11) is 0.798. The number of nitrogens with zero attached hydrogens (tertiary/aromatic N) is 1. The molecule has 0 radical (unpaired) electrons. The van der Waals surface area contributed by atoms with Crippen molar-refractivity contribution >= 4 is 59.0 Å². The number of methoxy groups -OCH3 is 1. The van der Waals surface area contributed by atoms with Gasteiger partial charge in [0.2, 0.25) is 17.7 Å². The third-order valence-corrected chi connectivity index (χ3v) is 12.3. The Morgan fingerprint density at radius 2 is 1.90 bits per heavy atom. The van der Waals surface area contributed by atoms with E-state index in [9.17, 15) is 14.4 Å². The highest BCUT2D eigenvalue weighted by Crippen LogP contribution is 2.64. The summed E-state index contributed by atoms with van der Waals surface area (Å²) in [6.45, 7) is 10.9. The smallest absolute Gasteiger partial charge is 0.237 e. The van der Waals surface area contributed by atoms with Crippen molar-refractivity contribution in [2.24, 2.45) is 11.1 Å². The molecule has 3 N–H and O–H groups in total. The predicted molar refractivity (Wildman–Crippen MR) is 165 cm³/mol. The molecule has 2 aromatic rings. The molecular formula is C30H39BrClN3O4Si. The number of primary amides is 1. The van der Waals surface area contributed by atoms with E-state index in [0.29, 0.717) is 10.7 Å². The molecule has 3 amide bonds. The molecule has 2 fully saturated rings. The van der Waals surface area contributed by atoms with Crippen LogP contribution in [0.15, 0.2) is 46.9 Å². The van der Waals surface area contributed by atoms with E-state index in [0.717, 1.165) is 34.1 Å². The van der Waals surface area contributed by atoms with E-state index in [2.05, 4.69) is 54.7 Å². The van der Waals surface area contributed by atoms with Crippen LogP contribution in [0.1, 0.15) is 50.2 Å². The number of rotatable bonds is 6. The van der Waals surface area contributed by atoms with E-state index in [1.165, 1.54) is 0 Å². The standard InChI is InChI=1S/C24H23BrClN3O3.C6H16OSi/c1-23(7-8-23)21-24(16-6-5-14(25)10-18(16)28-22(24)32)17(13-3-2-4-15(26)9-13)11-20(31)29(21)12-19(27)30;1-6(7-2)8(3,4)5/h2-6,9-10,17,21H,7-8,11-12H2,1H3,(H2,27,30)(H,28,32);6H,1-5H3/t17-,21+,24-;/m1./s1. The van der Waals surface area contributed by atoms with E-state index in [1.54, 1.807) is 18.1 Å². The number of nitrogens with one attached hydrogen (secondary N) is 1. The Balaban J connectivity index is 0.000000406. The Bertz CT molecular complexity index is 1330. The normalized spacial score (nSPS) is 25.6. The van der Waals surface area contributed by atoms with Crippen molar-refractivity contribution in [1.29, 1.82) is 0 Å². The summed E-state index contributed by atoms with van der Waals surface area (Å²) < 4.78 is 6.03. The molecule has 2 aliphatic heterocycles. The Hall–Kier alpha value is -2.20. The number of likely N-dealkylation sites (tertiary alicyclic amines) is 1. The second-order valence-corrected chi connectivity index (χ2v) is 19.5. The van der Waals surface area contributed by atoms with Crippen molar-refractivity contribution in [2.45, 2.75) is 75.9 Å². The lowest BCUT2D eigenvalue weighted by molar-refractivity contribution is -0.151. The number of amides is 3. The zero-order chi connectivity index (χ0) is 29.6. The topological polar surface area (TPSA) is 102 Å². The molecule has 10 heteroatoms. The number of nitrogens with two attached hydrogens (primary N) is 1. The van der Waals surface area contributed by atoms with Crippen LogP contribution in [0.25, 0.3) is 0 Å². The van der Waals surface area contributed by atoms with Crippen molar-refractivity contribution in [3.8, 4) is 0 Å². The maximum Gasteiger partial charge on any atom is 0.237 e. The Kier molecular flexibility index (Phi) is 8.63. The minimum absolute atomic E-state index is 0.0864. The number of carbonyl (C=O) groups excluding carboxylic acids is 3. The fourth-order valence-electron chi connectivity index (χ4n) is 6.18. The van der Waals surface area contributed by atoms with Crippen LogP contribution in [0.4, 0.5) is 5.69 Å². The number of ether oxygens (including phenoxy) is 1. The maximum atomic E-state index is 14.0. The van der Waals surface area contributed by atoms with E-state index >= 15 is 0 Å². The molecular weight excluding hydrogens is 610 g/mol. The Morgan fingerprint density at radius 3 is 2.42 bits per heavy atom. The van der Waals surface area contributed by atoms with Gasteiger partial charge in [0.25, 0.3) is 0 Å². The number of fused-ring (bicyclic) bond motifs is 2. The zero-order valence-corrected chi connectivity index (χ0v) is 27.4. The van der Waals surface area contributed by atoms with Crippen LogP contribution in [0.5, 0.6) is 0 Å². The maximum absolute atomic E-state index is 14.0. The fraction of sp³-hybridized carbons (Fsp3) is 0.500. The Labute approximate surface area is 251 Å². The minimum atomic E-state index is -1.06. The van der Waals surface area contributed by atoms with Gasteiger partial charge in [-0.05, 0) is 60.6 Å². The largest absolute Gasteiger partial charge is 0.385 e.